The van der Waals surface area contributed by atoms with E-state index < -0.39 is 0 Å². The van der Waals surface area contributed by atoms with Crippen LogP contribution in [0.5, 0.6) is 0 Å². The van der Waals surface area contributed by atoms with Gasteiger partial charge in [0.2, 0.25) is 5.91 Å². The van der Waals surface area contributed by atoms with E-state index in [-0.39, 0.29) is 17.7 Å². The fourth-order valence-corrected chi connectivity index (χ4v) is 5.43. The molecule has 2 aliphatic heterocycles. The summed E-state index contributed by atoms with van der Waals surface area (Å²) in [5.41, 5.74) is 2.70. The molecular weight excluding hydrogens is 402 g/mol. The third-order valence-corrected chi connectivity index (χ3v) is 7.27. The van der Waals surface area contributed by atoms with Crippen LogP contribution in [0, 0.1) is 12.8 Å². The van der Waals surface area contributed by atoms with E-state index in [1.54, 1.807) is 24.5 Å². The molecule has 4 heterocycles. The van der Waals surface area contributed by atoms with Crippen LogP contribution in [0.15, 0.2) is 24.5 Å². The van der Waals surface area contributed by atoms with Gasteiger partial charge in [-0.25, -0.2) is 9.97 Å². The summed E-state index contributed by atoms with van der Waals surface area (Å²) < 4.78 is 0. The summed E-state index contributed by atoms with van der Waals surface area (Å²) in [6, 6.07) is 3.59. The number of hydrogen-bond donors (Lipinski definition) is 0. The highest BCUT2D eigenvalue weighted by Gasteiger charge is 2.34. The maximum absolute atomic E-state index is 12.9. The van der Waals surface area contributed by atoms with Gasteiger partial charge < -0.3 is 4.90 Å². The third-order valence-electron chi connectivity index (χ3n) is 7.27. The molecule has 168 valence electrons. The molecule has 2 aromatic heterocycles. The van der Waals surface area contributed by atoms with Crippen LogP contribution < -0.4 is 4.90 Å². The molecule has 0 N–H and O–H groups in total. The van der Waals surface area contributed by atoms with E-state index in [0.29, 0.717) is 31.0 Å². The van der Waals surface area contributed by atoms with Crippen molar-refractivity contribution in [3.8, 4) is 0 Å². The van der Waals surface area contributed by atoms with Gasteiger partial charge in [0.25, 0.3) is 5.91 Å². The Hall–Kier alpha value is -2.83. The second kappa shape index (κ2) is 8.96. The quantitative estimate of drug-likeness (QED) is 0.735. The number of nitrogens with zero attached hydrogens (tertiary/aromatic N) is 5. The number of fused-ring (bicyclic) bond motifs is 1. The molecule has 0 spiro atoms. The monoisotopic (exact) mass is 433 g/mol. The average Bonchev–Trinajstić information content (AvgIpc) is 3.32. The Morgan fingerprint density at radius 3 is 2.75 bits per heavy atom. The van der Waals surface area contributed by atoms with E-state index in [9.17, 15) is 9.59 Å². The van der Waals surface area contributed by atoms with Crippen LogP contribution in [0.1, 0.15) is 78.3 Å². The number of amides is 2. The number of rotatable bonds is 4. The average molecular weight is 434 g/mol. The largest absolute Gasteiger partial charge is 0.338 e. The topological polar surface area (TPSA) is 79.3 Å². The van der Waals surface area contributed by atoms with E-state index >= 15 is 0 Å². The maximum atomic E-state index is 12.9. The van der Waals surface area contributed by atoms with Gasteiger partial charge in [0, 0.05) is 55.6 Å². The summed E-state index contributed by atoms with van der Waals surface area (Å²) in [4.78, 5) is 43.4. The van der Waals surface area contributed by atoms with Gasteiger partial charge in [0.05, 0.1) is 5.56 Å². The molecule has 0 aromatic carbocycles. The Bertz CT molecular complexity index is 1000. The van der Waals surface area contributed by atoms with Gasteiger partial charge in [-0.3, -0.25) is 19.5 Å². The van der Waals surface area contributed by atoms with Gasteiger partial charge in [-0.05, 0) is 50.7 Å². The molecule has 2 amide bonds. The summed E-state index contributed by atoms with van der Waals surface area (Å²) >= 11 is 0. The van der Waals surface area contributed by atoms with E-state index in [4.69, 9.17) is 9.97 Å². The molecule has 1 saturated heterocycles. The molecule has 5 rings (SSSR count). The lowest BCUT2D eigenvalue weighted by Crippen LogP contribution is -2.40. The number of hydrogen-bond acceptors (Lipinski definition) is 5. The first-order chi connectivity index (χ1) is 15.6. The summed E-state index contributed by atoms with van der Waals surface area (Å²) in [7, 11) is 0. The molecule has 7 heteroatoms. The highest BCUT2D eigenvalue weighted by Crippen LogP contribution is 2.34. The minimum absolute atomic E-state index is 0.00406. The molecule has 1 aliphatic carbocycles. The molecule has 7 nitrogen and oxygen atoms in total. The van der Waals surface area contributed by atoms with E-state index in [2.05, 4.69) is 4.98 Å². The SMILES string of the molecule is Cc1nc([C@H]2CCN(C(=O)c3cccnc3)C2)nc2c1CCC(=O)N2CC1CCCCC1. The molecule has 0 radical (unpaired) electrons. The smallest absolute Gasteiger partial charge is 0.255 e. The van der Waals surface area contributed by atoms with Crippen molar-refractivity contribution in [2.75, 3.05) is 24.5 Å². The normalized spacial score (nSPS) is 21.7. The van der Waals surface area contributed by atoms with Crippen LogP contribution in [0.3, 0.4) is 0 Å². The van der Waals surface area contributed by atoms with Crippen molar-refractivity contribution in [1.82, 2.24) is 19.9 Å². The maximum Gasteiger partial charge on any atom is 0.255 e. The Labute approximate surface area is 189 Å². The van der Waals surface area contributed by atoms with Crippen LogP contribution in [-0.4, -0.2) is 51.3 Å². The number of carbonyl (C=O) groups excluding carboxylic acids is 2. The lowest BCUT2D eigenvalue weighted by atomic mass is 9.88. The van der Waals surface area contributed by atoms with Crippen molar-refractivity contribution < 1.29 is 9.59 Å². The van der Waals surface area contributed by atoms with Gasteiger partial charge >= 0.3 is 0 Å². The molecule has 0 unspecified atom stereocenters. The fraction of sp³-hybridized carbons (Fsp3) is 0.560. The molecule has 2 fully saturated rings. The van der Waals surface area contributed by atoms with Crippen LogP contribution in [0.25, 0.3) is 0 Å². The van der Waals surface area contributed by atoms with Crippen molar-refractivity contribution in [3.05, 3.63) is 47.2 Å². The Morgan fingerprint density at radius 2 is 1.97 bits per heavy atom. The van der Waals surface area contributed by atoms with Crippen LogP contribution in [0.4, 0.5) is 5.82 Å². The number of aromatic nitrogens is 3. The van der Waals surface area contributed by atoms with Gasteiger partial charge in [0.1, 0.15) is 11.6 Å². The molecule has 0 bridgehead atoms. The van der Waals surface area contributed by atoms with Crippen LogP contribution >= 0.6 is 0 Å². The molecule has 1 atom stereocenters. The Kier molecular flexibility index (Phi) is 5.89. The second-order valence-corrected chi connectivity index (χ2v) is 9.46. The zero-order chi connectivity index (χ0) is 22.1. The summed E-state index contributed by atoms with van der Waals surface area (Å²) in [5, 5.41) is 0. The van der Waals surface area contributed by atoms with Crippen molar-refractivity contribution in [3.63, 3.8) is 0 Å². The lowest BCUT2D eigenvalue weighted by Gasteiger charge is -2.33. The highest BCUT2D eigenvalue weighted by molar-refractivity contribution is 5.95. The van der Waals surface area contributed by atoms with Crippen molar-refractivity contribution in [2.24, 2.45) is 5.92 Å². The molecule has 3 aliphatic rings. The zero-order valence-electron chi connectivity index (χ0n) is 18.8. The van der Waals surface area contributed by atoms with Gasteiger partial charge in [-0.2, -0.15) is 0 Å². The predicted molar refractivity (Wildman–Crippen MR) is 122 cm³/mol. The van der Waals surface area contributed by atoms with Crippen molar-refractivity contribution >= 4 is 17.6 Å². The number of carbonyl (C=O) groups is 2. The van der Waals surface area contributed by atoms with Gasteiger partial charge in [-0.15, -0.1) is 0 Å². The summed E-state index contributed by atoms with van der Waals surface area (Å²) in [6.45, 7) is 4.09. The highest BCUT2D eigenvalue weighted by atomic mass is 16.2. The number of likely N-dealkylation sites (tertiary alicyclic amines) is 1. The number of anilines is 1. The van der Waals surface area contributed by atoms with Crippen LogP contribution in [-0.2, 0) is 11.2 Å². The summed E-state index contributed by atoms with van der Waals surface area (Å²) in [5.74, 6) is 2.44. The fourth-order valence-electron chi connectivity index (χ4n) is 5.43. The molecule has 1 saturated carbocycles. The number of aryl methyl sites for hydroxylation is 1. The van der Waals surface area contributed by atoms with E-state index in [1.807, 2.05) is 16.7 Å². The lowest BCUT2D eigenvalue weighted by molar-refractivity contribution is -0.119. The first-order valence-corrected chi connectivity index (χ1v) is 12.0. The van der Waals surface area contributed by atoms with Crippen molar-refractivity contribution in [1.29, 1.82) is 0 Å². The molecule has 32 heavy (non-hydrogen) atoms. The third kappa shape index (κ3) is 4.12. The number of pyridine rings is 1. The first kappa shape index (κ1) is 21.0. The molecular formula is C25H31N5O2. The summed E-state index contributed by atoms with van der Waals surface area (Å²) in [6.07, 6.45) is 11.6. The second-order valence-electron chi connectivity index (χ2n) is 9.46. The minimum Gasteiger partial charge on any atom is -0.338 e. The first-order valence-electron chi connectivity index (χ1n) is 12.0. The van der Waals surface area contributed by atoms with Gasteiger partial charge in [-0.1, -0.05) is 19.3 Å². The van der Waals surface area contributed by atoms with Crippen molar-refractivity contribution in [2.45, 2.75) is 64.2 Å². The van der Waals surface area contributed by atoms with Gasteiger partial charge in [0.15, 0.2) is 0 Å². The Morgan fingerprint density at radius 1 is 1.12 bits per heavy atom. The molecule has 2 aromatic rings. The van der Waals surface area contributed by atoms with Crippen LogP contribution in [0.2, 0.25) is 0 Å². The predicted octanol–water partition coefficient (Wildman–Crippen LogP) is 3.67. The Balaban J connectivity index is 1.37. The van der Waals surface area contributed by atoms with E-state index in [1.165, 1.54) is 32.1 Å². The minimum atomic E-state index is 0.00406. The standard InChI is InChI=1S/C25H31N5O2/c1-17-21-9-10-22(31)30(15-18-6-3-2-4-7-18)24(21)28-23(27-17)20-11-13-29(16-20)25(32)19-8-5-12-26-14-19/h5,8,12,14,18,20H,2-4,6-7,9-11,13,15-16H2,1H3/t20-/m0/s1. The zero-order valence-corrected chi connectivity index (χ0v) is 18.8. The van der Waals surface area contributed by atoms with E-state index in [0.717, 1.165) is 42.3 Å².